The van der Waals surface area contributed by atoms with Crippen LogP contribution in [0.1, 0.15) is 37.8 Å². The van der Waals surface area contributed by atoms with Gasteiger partial charge in [0, 0.05) is 24.9 Å². The van der Waals surface area contributed by atoms with Crippen molar-refractivity contribution < 1.29 is 4.74 Å². The second-order valence-corrected chi connectivity index (χ2v) is 3.20. The van der Waals surface area contributed by atoms with Crippen molar-refractivity contribution in [3.8, 4) is 0 Å². The van der Waals surface area contributed by atoms with Crippen molar-refractivity contribution in [2.45, 2.75) is 32.9 Å². The topological polar surface area (TPSA) is 87.0 Å². The number of rotatable bonds is 5. The Hall–Kier alpha value is -1.20. The lowest BCUT2D eigenvalue weighted by molar-refractivity contribution is 0.0535. The Labute approximate surface area is 89.9 Å². The second kappa shape index (κ2) is 5.63. The van der Waals surface area contributed by atoms with E-state index < -0.39 is 0 Å². The number of nitrogens with two attached hydrogens (primary N) is 2. The maximum Gasteiger partial charge on any atom is 0.159 e. The highest BCUT2D eigenvalue weighted by atomic mass is 16.5. The number of aromatic nitrogens is 2. The molecule has 0 saturated carbocycles. The van der Waals surface area contributed by atoms with Gasteiger partial charge in [0.15, 0.2) is 5.82 Å². The third kappa shape index (κ3) is 2.87. The molecule has 1 heterocycles. The fourth-order valence-electron chi connectivity index (χ4n) is 1.32. The van der Waals surface area contributed by atoms with Crippen LogP contribution in [0.4, 0.5) is 5.82 Å². The van der Waals surface area contributed by atoms with Crippen molar-refractivity contribution in [3.63, 3.8) is 0 Å². The summed E-state index contributed by atoms with van der Waals surface area (Å²) in [6.45, 7) is 4.97. The van der Waals surface area contributed by atoms with Crippen LogP contribution in [0.5, 0.6) is 0 Å². The molecule has 1 aromatic rings. The molecule has 15 heavy (non-hydrogen) atoms. The van der Waals surface area contributed by atoms with Gasteiger partial charge in [-0.1, -0.05) is 6.92 Å². The van der Waals surface area contributed by atoms with Crippen LogP contribution in [-0.4, -0.2) is 16.6 Å². The number of anilines is 1. The van der Waals surface area contributed by atoms with Crippen molar-refractivity contribution in [2.75, 3.05) is 12.3 Å². The van der Waals surface area contributed by atoms with Gasteiger partial charge in [0.25, 0.3) is 0 Å². The normalized spacial score (nSPS) is 12.7. The number of nitrogen functional groups attached to an aromatic ring is 1. The number of ether oxygens (including phenoxy) is 1. The van der Waals surface area contributed by atoms with E-state index in [9.17, 15) is 0 Å². The molecule has 1 aromatic heterocycles. The second-order valence-electron chi connectivity index (χ2n) is 3.20. The van der Waals surface area contributed by atoms with E-state index in [1.807, 2.05) is 13.8 Å². The molecule has 1 unspecified atom stereocenters. The van der Waals surface area contributed by atoms with Crippen LogP contribution < -0.4 is 11.5 Å². The molecule has 0 spiro atoms. The summed E-state index contributed by atoms with van der Waals surface area (Å²) >= 11 is 0. The van der Waals surface area contributed by atoms with Crippen molar-refractivity contribution in [1.82, 2.24) is 9.97 Å². The molecule has 0 saturated heterocycles. The molecule has 5 nitrogen and oxygen atoms in total. The number of nitrogens with zero attached hydrogens (tertiary/aromatic N) is 2. The Balaban J connectivity index is 2.89. The van der Waals surface area contributed by atoms with Gasteiger partial charge < -0.3 is 16.2 Å². The van der Waals surface area contributed by atoms with E-state index >= 15 is 0 Å². The van der Waals surface area contributed by atoms with Crippen molar-refractivity contribution >= 4 is 5.82 Å². The molecular formula is C10H18N4O. The summed E-state index contributed by atoms with van der Waals surface area (Å²) in [6, 6.07) is 0. The molecule has 0 aromatic carbocycles. The Morgan fingerprint density at radius 3 is 2.67 bits per heavy atom. The maximum absolute atomic E-state index is 5.73. The van der Waals surface area contributed by atoms with E-state index in [0.29, 0.717) is 24.8 Å². The average Bonchev–Trinajstić information content (AvgIpc) is 2.25. The van der Waals surface area contributed by atoms with E-state index in [-0.39, 0.29) is 6.10 Å². The molecule has 1 rings (SSSR count). The van der Waals surface area contributed by atoms with E-state index in [1.165, 1.54) is 0 Å². The average molecular weight is 210 g/mol. The monoisotopic (exact) mass is 210 g/mol. The third-order valence-corrected chi connectivity index (χ3v) is 2.16. The predicted molar refractivity (Wildman–Crippen MR) is 59.0 cm³/mol. The molecule has 4 N–H and O–H groups in total. The highest BCUT2D eigenvalue weighted by molar-refractivity contribution is 5.37. The van der Waals surface area contributed by atoms with Gasteiger partial charge >= 0.3 is 0 Å². The first-order valence-corrected chi connectivity index (χ1v) is 5.15. The summed E-state index contributed by atoms with van der Waals surface area (Å²) in [5.74, 6) is 1.08. The lowest BCUT2D eigenvalue weighted by Crippen LogP contribution is -2.12. The van der Waals surface area contributed by atoms with Crippen LogP contribution in [0.2, 0.25) is 0 Å². The summed E-state index contributed by atoms with van der Waals surface area (Å²) in [4.78, 5) is 8.40. The fourth-order valence-corrected chi connectivity index (χ4v) is 1.32. The third-order valence-electron chi connectivity index (χ3n) is 2.16. The molecular weight excluding hydrogens is 192 g/mol. The van der Waals surface area contributed by atoms with Gasteiger partial charge in [-0.15, -0.1) is 0 Å². The zero-order chi connectivity index (χ0) is 11.3. The Bertz CT molecular complexity index is 316. The summed E-state index contributed by atoms with van der Waals surface area (Å²) in [5, 5.41) is 0. The molecule has 1 atom stereocenters. The zero-order valence-electron chi connectivity index (χ0n) is 9.23. The highest BCUT2D eigenvalue weighted by Gasteiger charge is 2.13. The van der Waals surface area contributed by atoms with Gasteiger partial charge in [-0.3, -0.25) is 0 Å². The van der Waals surface area contributed by atoms with E-state index in [0.717, 1.165) is 12.0 Å². The first-order chi connectivity index (χ1) is 7.22. The van der Waals surface area contributed by atoms with Crippen molar-refractivity contribution in [2.24, 2.45) is 5.73 Å². The standard InChI is InChI=1S/C10H18N4O/c1-3-8(15-4-2)10-13-6-7(5-11)9(12)14-10/h6,8H,3-5,11H2,1-2H3,(H2,12,13,14). The van der Waals surface area contributed by atoms with Gasteiger partial charge in [-0.2, -0.15) is 0 Å². The zero-order valence-corrected chi connectivity index (χ0v) is 9.23. The molecule has 0 amide bonds. The lowest BCUT2D eigenvalue weighted by Gasteiger charge is -2.14. The summed E-state index contributed by atoms with van der Waals surface area (Å²) in [6.07, 6.45) is 2.42. The van der Waals surface area contributed by atoms with E-state index in [2.05, 4.69) is 9.97 Å². The molecule has 84 valence electrons. The fraction of sp³-hybridized carbons (Fsp3) is 0.600. The van der Waals surface area contributed by atoms with Crippen molar-refractivity contribution in [3.05, 3.63) is 17.6 Å². The van der Waals surface area contributed by atoms with Crippen molar-refractivity contribution in [1.29, 1.82) is 0 Å². The molecule has 0 aliphatic rings. The summed E-state index contributed by atoms with van der Waals surface area (Å²) < 4.78 is 5.49. The van der Waals surface area contributed by atoms with Gasteiger partial charge in [0.2, 0.25) is 0 Å². The van der Waals surface area contributed by atoms with E-state index in [4.69, 9.17) is 16.2 Å². The van der Waals surface area contributed by atoms with Gasteiger partial charge in [-0.05, 0) is 13.3 Å². The van der Waals surface area contributed by atoms with Crippen LogP contribution >= 0.6 is 0 Å². The lowest BCUT2D eigenvalue weighted by atomic mass is 10.2. The molecule has 0 aliphatic heterocycles. The summed E-state index contributed by atoms with van der Waals surface area (Å²) in [7, 11) is 0. The van der Waals surface area contributed by atoms with Crippen LogP contribution in [0.3, 0.4) is 0 Å². The minimum atomic E-state index is -0.0795. The molecule has 0 radical (unpaired) electrons. The summed E-state index contributed by atoms with van der Waals surface area (Å²) in [5.41, 5.74) is 12.0. The van der Waals surface area contributed by atoms with Crippen LogP contribution in [0.25, 0.3) is 0 Å². The minimum Gasteiger partial charge on any atom is -0.383 e. The van der Waals surface area contributed by atoms with Gasteiger partial charge in [0.1, 0.15) is 11.9 Å². The Morgan fingerprint density at radius 2 is 2.20 bits per heavy atom. The van der Waals surface area contributed by atoms with Gasteiger partial charge in [0.05, 0.1) is 0 Å². The quantitative estimate of drug-likeness (QED) is 0.757. The molecule has 0 aliphatic carbocycles. The number of hydrogen-bond donors (Lipinski definition) is 2. The van der Waals surface area contributed by atoms with Crippen LogP contribution in [-0.2, 0) is 11.3 Å². The first-order valence-electron chi connectivity index (χ1n) is 5.15. The van der Waals surface area contributed by atoms with E-state index in [1.54, 1.807) is 6.20 Å². The first kappa shape index (κ1) is 11.9. The van der Waals surface area contributed by atoms with Crippen LogP contribution in [0, 0.1) is 0 Å². The largest absolute Gasteiger partial charge is 0.383 e. The Morgan fingerprint density at radius 1 is 1.47 bits per heavy atom. The SMILES string of the molecule is CCOC(CC)c1ncc(CN)c(N)n1. The predicted octanol–water partition coefficient (Wildman–Crippen LogP) is 1.01. The smallest absolute Gasteiger partial charge is 0.159 e. The minimum absolute atomic E-state index is 0.0795. The molecule has 0 fully saturated rings. The molecule has 5 heteroatoms. The maximum atomic E-state index is 5.73. The van der Waals surface area contributed by atoms with Gasteiger partial charge in [-0.25, -0.2) is 9.97 Å². The number of hydrogen-bond acceptors (Lipinski definition) is 5. The molecule has 0 bridgehead atoms. The highest BCUT2D eigenvalue weighted by Crippen LogP contribution is 2.18. The van der Waals surface area contributed by atoms with Crippen LogP contribution in [0.15, 0.2) is 6.20 Å². The Kier molecular flexibility index (Phi) is 4.45.